The summed E-state index contributed by atoms with van der Waals surface area (Å²) in [6, 6.07) is 6.88. The molecule has 0 aliphatic heterocycles. The van der Waals surface area contributed by atoms with Crippen molar-refractivity contribution < 1.29 is 17.9 Å². The molecule has 2 N–H and O–H groups in total. The number of benzene rings is 1. The summed E-state index contributed by atoms with van der Waals surface area (Å²) in [4.78, 5) is 4.08. The lowest BCUT2D eigenvalue weighted by Crippen LogP contribution is -2.41. The van der Waals surface area contributed by atoms with E-state index in [1.165, 1.54) is 6.07 Å². The van der Waals surface area contributed by atoms with Crippen molar-refractivity contribution in [2.24, 2.45) is 4.99 Å². The van der Waals surface area contributed by atoms with Gasteiger partial charge in [-0.3, -0.25) is 4.99 Å². The van der Waals surface area contributed by atoms with Gasteiger partial charge in [0, 0.05) is 25.2 Å². The second kappa shape index (κ2) is 10.6. The van der Waals surface area contributed by atoms with Crippen molar-refractivity contribution in [1.82, 2.24) is 10.6 Å². The molecule has 1 aromatic rings. The average molecular weight is 445 g/mol. The Morgan fingerprint density at radius 3 is 2.52 bits per heavy atom. The quantitative estimate of drug-likeness (QED) is 0.399. The Morgan fingerprint density at radius 2 is 1.96 bits per heavy atom. The van der Waals surface area contributed by atoms with Gasteiger partial charge < -0.3 is 15.4 Å². The van der Waals surface area contributed by atoms with E-state index < -0.39 is 12.8 Å². The number of halogens is 4. The van der Waals surface area contributed by atoms with Crippen LogP contribution < -0.4 is 15.4 Å². The van der Waals surface area contributed by atoms with E-state index in [2.05, 4.69) is 15.6 Å². The van der Waals surface area contributed by atoms with Crippen LogP contribution >= 0.6 is 24.0 Å². The van der Waals surface area contributed by atoms with E-state index >= 15 is 0 Å². The minimum absolute atomic E-state index is 0. The molecule has 0 saturated heterocycles. The number of guanidine groups is 1. The fourth-order valence-corrected chi connectivity index (χ4v) is 1.66. The van der Waals surface area contributed by atoms with Crippen LogP contribution in [0.3, 0.4) is 0 Å². The van der Waals surface area contributed by atoms with E-state index in [0.717, 1.165) is 6.42 Å². The first-order valence-electron chi connectivity index (χ1n) is 7.10. The first-order chi connectivity index (χ1) is 10.4. The minimum Gasteiger partial charge on any atom is -0.484 e. The maximum absolute atomic E-state index is 12.3. The molecule has 132 valence electrons. The van der Waals surface area contributed by atoms with Crippen molar-refractivity contribution in [2.75, 3.05) is 13.7 Å². The molecule has 1 aromatic carbocycles. The van der Waals surface area contributed by atoms with Crippen LogP contribution in [0.4, 0.5) is 13.2 Å². The van der Waals surface area contributed by atoms with Crippen molar-refractivity contribution in [1.29, 1.82) is 0 Å². The summed E-state index contributed by atoms with van der Waals surface area (Å²) in [5.74, 6) is 0.811. The third-order valence-electron chi connectivity index (χ3n) is 3.03. The number of rotatable bonds is 6. The smallest absolute Gasteiger partial charge is 0.422 e. The second-order valence-corrected chi connectivity index (χ2v) is 4.89. The van der Waals surface area contributed by atoms with Crippen LogP contribution in [0.1, 0.15) is 25.8 Å². The first-order valence-corrected chi connectivity index (χ1v) is 7.10. The van der Waals surface area contributed by atoms with E-state index in [1.807, 2.05) is 13.8 Å². The molecule has 0 aliphatic rings. The molecule has 0 fully saturated rings. The predicted octanol–water partition coefficient (Wildman–Crippen LogP) is 3.71. The predicted molar refractivity (Wildman–Crippen MR) is 96.5 cm³/mol. The normalized spacial score (nSPS) is 13.0. The highest BCUT2D eigenvalue weighted by molar-refractivity contribution is 14.0. The average Bonchev–Trinajstić information content (AvgIpc) is 2.49. The van der Waals surface area contributed by atoms with E-state index in [9.17, 15) is 13.2 Å². The molecule has 23 heavy (non-hydrogen) atoms. The van der Waals surface area contributed by atoms with E-state index in [4.69, 9.17) is 4.74 Å². The third kappa shape index (κ3) is 8.87. The summed E-state index contributed by atoms with van der Waals surface area (Å²) < 4.78 is 41.6. The summed E-state index contributed by atoms with van der Waals surface area (Å²) in [5, 5.41) is 6.25. The summed E-state index contributed by atoms with van der Waals surface area (Å²) in [7, 11) is 1.64. The molecule has 0 aromatic heterocycles. The maximum atomic E-state index is 12.3. The number of hydrogen-bond donors (Lipinski definition) is 2. The number of aliphatic imine (C=N–C) groups is 1. The van der Waals surface area contributed by atoms with Gasteiger partial charge in [0.25, 0.3) is 0 Å². The monoisotopic (exact) mass is 445 g/mol. The van der Waals surface area contributed by atoms with Crippen LogP contribution in [-0.2, 0) is 6.54 Å². The van der Waals surface area contributed by atoms with Gasteiger partial charge in [-0.1, -0.05) is 25.1 Å². The van der Waals surface area contributed by atoms with Gasteiger partial charge in [0.1, 0.15) is 5.75 Å². The highest BCUT2D eigenvalue weighted by Gasteiger charge is 2.28. The van der Waals surface area contributed by atoms with Gasteiger partial charge in [-0.15, -0.1) is 24.0 Å². The van der Waals surface area contributed by atoms with Crippen molar-refractivity contribution in [3.05, 3.63) is 29.8 Å². The standard InChI is InChI=1S/C15H22F3N3O.HI/c1-4-11(2)21-14(19-3)20-9-12-7-5-6-8-13(12)22-10-15(16,17)18;/h5-8,11H,4,9-10H2,1-3H3,(H2,19,20,21);1H. The lowest BCUT2D eigenvalue weighted by atomic mass is 10.2. The highest BCUT2D eigenvalue weighted by atomic mass is 127. The zero-order valence-corrected chi connectivity index (χ0v) is 15.7. The Balaban J connectivity index is 0.00000484. The fourth-order valence-electron chi connectivity index (χ4n) is 1.66. The Labute approximate surface area is 151 Å². The molecule has 1 rings (SSSR count). The van der Waals surface area contributed by atoms with Gasteiger partial charge in [-0.05, 0) is 19.4 Å². The van der Waals surface area contributed by atoms with Crippen LogP contribution in [0.25, 0.3) is 0 Å². The zero-order chi connectivity index (χ0) is 16.6. The largest absolute Gasteiger partial charge is 0.484 e. The first kappa shape index (κ1) is 21.8. The Bertz CT molecular complexity index is 495. The Morgan fingerprint density at radius 1 is 1.30 bits per heavy atom. The highest BCUT2D eigenvalue weighted by Crippen LogP contribution is 2.22. The third-order valence-corrected chi connectivity index (χ3v) is 3.03. The molecule has 0 aliphatic carbocycles. The number of ether oxygens (including phenoxy) is 1. The van der Waals surface area contributed by atoms with E-state index in [0.29, 0.717) is 18.1 Å². The van der Waals surface area contributed by atoms with Crippen LogP contribution in [0.5, 0.6) is 5.75 Å². The molecular formula is C15H23F3IN3O. The molecule has 0 spiro atoms. The number of alkyl halides is 3. The van der Waals surface area contributed by atoms with E-state index in [1.54, 1.807) is 25.2 Å². The topological polar surface area (TPSA) is 45.7 Å². The molecular weight excluding hydrogens is 422 g/mol. The van der Waals surface area contributed by atoms with Gasteiger partial charge in [0.2, 0.25) is 0 Å². The summed E-state index contributed by atoms with van der Waals surface area (Å²) in [5.41, 5.74) is 0.638. The minimum atomic E-state index is -4.35. The SMILES string of the molecule is CCC(C)NC(=NC)NCc1ccccc1OCC(F)(F)F.I. The maximum Gasteiger partial charge on any atom is 0.422 e. The molecule has 0 saturated carbocycles. The summed E-state index contributed by atoms with van der Waals surface area (Å²) in [6.45, 7) is 3.09. The van der Waals surface area contributed by atoms with Gasteiger partial charge in [0.15, 0.2) is 12.6 Å². The van der Waals surface area contributed by atoms with E-state index in [-0.39, 0.29) is 35.8 Å². The Kier molecular flexibility index (Phi) is 10.0. The van der Waals surface area contributed by atoms with Crippen molar-refractivity contribution in [2.45, 2.75) is 39.0 Å². The zero-order valence-electron chi connectivity index (χ0n) is 13.4. The van der Waals surface area contributed by atoms with Gasteiger partial charge >= 0.3 is 6.18 Å². The molecule has 4 nitrogen and oxygen atoms in total. The number of para-hydroxylation sites is 1. The van der Waals surface area contributed by atoms with Crippen molar-refractivity contribution in [3.63, 3.8) is 0 Å². The molecule has 0 heterocycles. The summed E-state index contributed by atoms with van der Waals surface area (Å²) >= 11 is 0. The van der Waals surface area contributed by atoms with Gasteiger partial charge in [-0.25, -0.2) is 0 Å². The molecule has 1 unspecified atom stereocenters. The second-order valence-electron chi connectivity index (χ2n) is 4.89. The lowest BCUT2D eigenvalue weighted by Gasteiger charge is -2.18. The number of nitrogens with one attached hydrogen (secondary N) is 2. The fraction of sp³-hybridized carbons (Fsp3) is 0.533. The Hall–Kier alpha value is -1.19. The molecule has 0 bridgehead atoms. The van der Waals surface area contributed by atoms with Gasteiger partial charge in [-0.2, -0.15) is 13.2 Å². The number of nitrogens with zero attached hydrogens (tertiary/aromatic N) is 1. The van der Waals surface area contributed by atoms with Crippen molar-refractivity contribution in [3.8, 4) is 5.75 Å². The van der Waals surface area contributed by atoms with Crippen LogP contribution in [-0.4, -0.2) is 31.8 Å². The summed E-state index contributed by atoms with van der Waals surface area (Å²) in [6.07, 6.45) is -3.42. The van der Waals surface area contributed by atoms with Crippen LogP contribution in [0.2, 0.25) is 0 Å². The van der Waals surface area contributed by atoms with Crippen LogP contribution in [0.15, 0.2) is 29.3 Å². The molecule has 0 amide bonds. The lowest BCUT2D eigenvalue weighted by molar-refractivity contribution is -0.153. The molecule has 1 atom stereocenters. The van der Waals surface area contributed by atoms with Gasteiger partial charge in [0.05, 0.1) is 0 Å². The molecule has 8 heteroatoms. The van der Waals surface area contributed by atoms with Crippen molar-refractivity contribution >= 4 is 29.9 Å². The van der Waals surface area contributed by atoms with Crippen LogP contribution in [0, 0.1) is 0 Å². The molecule has 0 radical (unpaired) electrons. The number of hydrogen-bond acceptors (Lipinski definition) is 2.